The molecule has 14 N–H and O–H groups in total. The van der Waals surface area contributed by atoms with Gasteiger partial charge in [-0.1, -0.05) is 98.9 Å². The second-order valence-electron chi connectivity index (χ2n) is 19.8. The molecule has 2 fully saturated rings. The van der Waals surface area contributed by atoms with Crippen LogP contribution in [0.1, 0.15) is 92.9 Å². The average molecular weight is 995 g/mol. The van der Waals surface area contributed by atoms with Gasteiger partial charge in [-0.2, -0.15) is 0 Å². The van der Waals surface area contributed by atoms with E-state index < -0.39 is 159 Å². The molecule has 398 valence electrons. The quantitative estimate of drug-likeness (QED) is 0.167. The van der Waals surface area contributed by atoms with E-state index in [1.807, 2.05) is 37.3 Å². The van der Waals surface area contributed by atoms with E-state index in [0.717, 1.165) is 0 Å². The van der Waals surface area contributed by atoms with Crippen molar-refractivity contribution in [3.8, 4) is 0 Å². The Morgan fingerprint density at radius 3 is 1.87 bits per heavy atom. The van der Waals surface area contributed by atoms with Gasteiger partial charge in [-0.05, 0) is 47.0 Å². The third-order valence-electron chi connectivity index (χ3n) is 12.9. The summed E-state index contributed by atoms with van der Waals surface area (Å²) in [4.78, 5) is 26.5. The highest BCUT2D eigenvalue weighted by Crippen LogP contribution is 2.38. The Balaban J connectivity index is 1.94. The smallest absolute Gasteiger partial charge is 0.308 e. The standard InChI is InChI=1S/C51H82N2O17/c1-30-19-17-15-13-11-9-7-8-10-12-14-16-18-20-37(69-49-47(64)44(52)46(63)33(4)68-49)26-41-43(48(65)53-50(5,6)29-54)40(60)28-51(66,70-41)27-36(57)24-39(59)38(58)22-21-34(55)23-35(56)25-42(61)67-32(3)31(2)45(30)62/h7-20,30-41,43-47,49,54-60,62-64,66H,21-29,52H2,1-6H3,(H,53,65)/b8-7+,11-9+,12-10+,15-13+,16-14+,19-17+,20-18+/t30-,31-,32-,33+,34+,35+,36-,37-,38+,39+,40-,41-,43+,44-,45+,46+,47-,49-,51+/m0/s1. The van der Waals surface area contributed by atoms with Crippen molar-refractivity contribution >= 4 is 11.9 Å². The minimum Gasteiger partial charge on any atom is -0.462 e. The van der Waals surface area contributed by atoms with E-state index in [1.165, 1.54) is 0 Å². The first-order valence-corrected chi connectivity index (χ1v) is 24.3. The van der Waals surface area contributed by atoms with Crippen molar-refractivity contribution < 1.29 is 84.7 Å². The number of nitrogens with one attached hydrogen (secondary N) is 1. The highest BCUT2D eigenvalue weighted by molar-refractivity contribution is 5.80. The zero-order valence-electron chi connectivity index (χ0n) is 41.3. The van der Waals surface area contributed by atoms with Gasteiger partial charge in [-0.3, -0.25) is 9.59 Å². The van der Waals surface area contributed by atoms with Gasteiger partial charge in [0.1, 0.15) is 12.2 Å². The molecule has 3 aliphatic rings. The Hall–Kier alpha value is -3.48. The fraction of sp³-hybridized carbons (Fsp3) is 0.686. The minimum absolute atomic E-state index is 0.107. The van der Waals surface area contributed by atoms with Gasteiger partial charge in [0.25, 0.3) is 0 Å². The molecule has 0 aromatic carbocycles. The molecule has 0 aliphatic carbocycles. The number of hydrogen-bond acceptors (Lipinski definition) is 18. The van der Waals surface area contributed by atoms with E-state index in [4.69, 9.17) is 24.7 Å². The molecule has 3 aliphatic heterocycles. The van der Waals surface area contributed by atoms with Crippen LogP contribution in [0.2, 0.25) is 0 Å². The number of amides is 1. The van der Waals surface area contributed by atoms with Gasteiger partial charge >= 0.3 is 5.97 Å². The third-order valence-corrected chi connectivity index (χ3v) is 12.9. The largest absolute Gasteiger partial charge is 0.462 e. The zero-order valence-corrected chi connectivity index (χ0v) is 41.3. The van der Waals surface area contributed by atoms with E-state index >= 15 is 0 Å². The molecule has 0 radical (unpaired) electrons. The normalized spacial score (nSPS) is 43.3. The molecule has 0 aromatic heterocycles. The monoisotopic (exact) mass is 995 g/mol. The molecule has 19 atom stereocenters. The molecule has 3 heterocycles. The summed E-state index contributed by atoms with van der Waals surface area (Å²) in [5, 5.41) is 122. The van der Waals surface area contributed by atoms with E-state index in [-0.39, 0.29) is 31.6 Å². The van der Waals surface area contributed by atoms with Crippen LogP contribution in [0.5, 0.6) is 0 Å². The first kappa shape index (κ1) is 60.8. The van der Waals surface area contributed by atoms with E-state index in [1.54, 1.807) is 89.3 Å². The van der Waals surface area contributed by atoms with E-state index in [0.29, 0.717) is 0 Å². The van der Waals surface area contributed by atoms with Crippen LogP contribution in [0.25, 0.3) is 0 Å². The van der Waals surface area contributed by atoms with Gasteiger partial charge in [0, 0.05) is 37.5 Å². The van der Waals surface area contributed by atoms with Gasteiger partial charge < -0.3 is 86.2 Å². The lowest BCUT2D eigenvalue weighted by atomic mass is 9.81. The molecule has 1 amide bonds. The van der Waals surface area contributed by atoms with E-state index in [2.05, 4.69) is 5.32 Å². The number of nitrogens with two attached hydrogens (primary N) is 1. The van der Waals surface area contributed by atoms with Crippen LogP contribution in [0.15, 0.2) is 85.1 Å². The molecule has 70 heavy (non-hydrogen) atoms. The van der Waals surface area contributed by atoms with Crippen LogP contribution in [-0.2, 0) is 28.5 Å². The highest BCUT2D eigenvalue weighted by Gasteiger charge is 2.51. The predicted octanol–water partition coefficient (Wildman–Crippen LogP) is 0.514. The lowest BCUT2D eigenvalue weighted by Crippen LogP contribution is -2.62. The lowest BCUT2D eigenvalue weighted by molar-refractivity contribution is -0.307. The summed E-state index contributed by atoms with van der Waals surface area (Å²) in [7, 11) is 0. The van der Waals surface area contributed by atoms with E-state index in [9.17, 15) is 65.8 Å². The number of aliphatic hydroxyl groups excluding tert-OH is 10. The summed E-state index contributed by atoms with van der Waals surface area (Å²) in [5.41, 5.74) is 4.96. The molecular weight excluding hydrogens is 913 g/mol. The number of esters is 1. The van der Waals surface area contributed by atoms with Crippen molar-refractivity contribution in [2.45, 2.75) is 196 Å². The lowest BCUT2D eigenvalue weighted by Gasteiger charge is -2.46. The molecule has 19 nitrogen and oxygen atoms in total. The maximum Gasteiger partial charge on any atom is 0.308 e. The molecular formula is C51H82N2O17. The van der Waals surface area contributed by atoms with Gasteiger partial charge in [-0.15, -0.1) is 0 Å². The van der Waals surface area contributed by atoms with Crippen LogP contribution >= 0.6 is 0 Å². The van der Waals surface area contributed by atoms with Crippen molar-refractivity contribution in [2.75, 3.05) is 6.61 Å². The third kappa shape index (κ3) is 20.2. The van der Waals surface area contributed by atoms with Crippen LogP contribution in [0.3, 0.4) is 0 Å². The fourth-order valence-corrected chi connectivity index (χ4v) is 8.45. The zero-order chi connectivity index (χ0) is 52.3. The number of ether oxygens (including phenoxy) is 4. The average Bonchev–Trinajstić information content (AvgIpc) is 3.27. The fourth-order valence-electron chi connectivity index (χ4n) is 8.45. The second-order valence-corrected chi connectivity index (χ2v) is 19.8. The van der Waals surface area contributed by atoms with Crippen LogP contribution in [0.4, 0.5) is 0 Å². The predicted molar refractivity (Wildman–Crippen MR) is 259 cm³/mol. The van der Waals surface area contributed by atoms with Crippen molar-refractivity contribution in [2.24, 2.45) is 23.5 Å². The molecule has 2 bridgehead atoms. The molecule has 0 spiro atoms. The Morgan fingerprint density at radius 2 is 1.29 bits per heavy atom. The molecule has 0 aromatic rings. The van der Waals surface area contributed by atoms with Crippen LogP contribution in [0, 0.1) is 17.8 Å². The molecule has 0 saturated carbocycles. The SMILES string of the molecule is C[C@@H]1[C@H](O)[C@@H](C)/C=C/C=C/C=C/C=C/C=C/C=C/C=C/[C@H](O[C@@H]2O[C@H](C)[C@@H](O)[C@H](N)[C@@H]2O)C[C@@H]2O[C@](O)(C[C@@H](O)C[C@@H](O)[C@H](O)CC[C@@H](O)C[C@@H](O)CC(=O)O[C@H]1C)C[C@H](O)[C@H]2C(=O)NC(C)(C)CO. The number of cyclic esters (lactones) is 1. The molecule has 2 saturated heterocycles. The Bertz CT molecular complexity index is 1800. The molecule has 3 rings (SSSR count). The van der Waals surface area contributed by atoms with Crippen molar-refractivity contribution in [3.63, 3.8) is 0 Å². The number of carbonyl (C=O) groups is 2. The van der Waals surface area contributed by atoms with Crippen molar-refractivity contribution in [1.82, 2.24) is 5.32 Å². The first-order chi connectivity index (χ1) is 32.9. The second kappa shape index (κ2) is 29.3. The summed E-state index contributed by atoms with van der Waals surface area (Å²) in [6.45, 7) is 9.42. The maximum atomic E-state index is 13.9. The van der Waals surface area contributed by atoms with Crippen LogP contribution < -0.4 is 11.1 Å². The Labute approximate surface area is 412 Å². The summed E-state index contributed by atoms with van der Waals surface area (Å²) < 4.78 is 23.7. The number of rotatable bonds is 5. The van der Waals surface area contributed by atoms with Crippen LogP contribution in [-0.4, -0.2) is 178 Å². The Kier molecular flexibility index (Phi) is 25.4. The summed E-state index contributed by atoms with van der Waals surface area (Å²) >= 11 is 0. The van der Waals surface area contributed by atoms with Crippen molar-refractivity contribution in [1.29, 1.82) is 0 Å². The number of hydrogen-bond donors (Lipinski definition) is 13. The summed E-state index contributed by atoms with van der Waals surface area (Å²) in [6, 6.07) is -1.15. The molecule has 19 heteroatoms. The Morgan fingerprint density at radius 1 is 0.714 bits per heavy atom. The van der Waals surface area contributed by atoms with Gasteiger partial charge in [0.2, 0.25) is 5.91 Å². The van der Waals surface area contributed by atoms with Gasteiger partial charge in [0.15, 0.2) is 12.1 Å². The topological polar surface area (TPSA) is 332 Å². The summed E-state index contributed by atoms with van der Waals surface area (Å²) in [6.07, 6.45) is 3.98. The maximum absolute atomic E-state index is 13.9. The molecule has 0 unspecified atom stereocenters. The van der Waals surface area contributed by atoms with Gasteiger partial charge in [0.05, 0.1) is 97.7 Å². The van der Waals surface area contributed by atoms with Crippen molar-refractivity contribution in [3.05, 3.63) is 85.1 Å². The number of allylic oxidation sites excluding steroid dienone is 12. The number of fused-ring (bicyclic) bond motifs is 2. The first-order valence-electron chi connectivity index (χ1n) is 24.3. The number of aliphatic hydroxyl groups is 11. The minimum atomic E-state index is -2.31. The summed E-state index contributed by atoms with van der Waals surface area (Å²) in [5.74, 6) is -5.90. The number of carbonyl (C=O) groups excluding carboxylic acids is 2. The van der Waals surface area contributed by atoms with Gasteiger partial charge in [-0.25, -0.2) is 0 Å². The highest BCUT2D eigenvalue weighted by atomic mass is 16.7.